The molecule has 0 aliphatic carbocycles. The highest BCUT2D eigenvalue weighted by atomic mass is 19.4. The molecule has 4 heteroatoms. The number of rotatable bonds is 10. The predicted molar refractivity (Wildman–Crippen MR) is 84.6 cm³/mol. The molecule has 0 fully saturated rings. The minimum atomic E-state index is -4.34. The number of halogens is 3. The van der Waals surface area contributed by atoms with Gasteiger partial charge in [0.2, 0.25) is 0 Å². The molecular weight excluding hydrogens is 275 g/mol. The smallest absolute Gasteiger partial charge is 0.256 e. The summed E-state index contributed by atoms with van der Waals surface area (Å²) < 4.78 is 38.7. The molecule has 1 nitrogen and oxygen atoms in total. The summed E-state index contributed by atoms with van der Waals surface area (Å²) in [5.74, 6) is 0.242. The van der Waals surface area contributed by atoms with Crippen LogP contribution in [-0.2, 0) is 0 Å². The van der Waals surface area contributed by atoms with Gasteiger partial charge in [0.15, 0.2) is 0 Å². The van der Waals surface area contributed by atoms with Crippen LogP contribution >= 0.6 is 0 Å². The van der Waals surface area contributed by atoms with E-state index in [-0.39, 0.29) is 12.3 Å². The summed E-state index contributed by atoms with van der Waals surface area (Å²) in [6.45, 7) is 9.74. The Labute approximate surface area is 127 Å². The van der Waals surface area contributed by atoms with Crippen LogP contribution in [0, 0.1) is 5.92 Å². The molecule has 0 amide bonds. The van der Waals surface area contributed by atoms with Crippen LogP contribution in [0.5, 0.6) is 0 Å². The number of allylic oxidation sites excluding steroid dienone is 2. The third kappa shape index (κ3) is 8.08. The summed E-state index contributed by atoms with van der Waals surface area (Å²) in [5.41, 5.74) is 0.123. The first kappa shape index (κ1) is 19.9. The average Bonchev–Trinajstić information content (AvgIpc) is 2.43. The Balaban J connectivity index is 5.15. The SMILES string of the molecule is C=C/C(=C\N=C(CCCC)C(F)(F)F)[C@@H](CC)CCCC. The second-order valence-corrected chi connectivity index (χ2v) is 5.26. The van der Waals surface area contributed by atoms with E-state index in [1.54, 1.807) is 6.08 Å². The largest absolute Gasteiger partial charge is 0.429 e. The number of aliphatic imine (C=N–C) groups is 1. The lowest BCUT2D eigenvalue weighted by atomic mass is 9.91. The van der Waals surface area contributed by atoms with Crippen molar-refractivity contribution < 1.29 is 13.2 Å². The van der Waals surface area contributed by atoms with Gasteiger partial charge in [0.05, 0.1) is 0 Å². The molecular formula is C17H28F3N. The van der Waals surface area contributed by atoms with Gasteiger partial charge >= 0.3 is 6.18 Å². The zero-order chi connectivity index (χ0) is 16.3. The third-order valence-corrected chi connectivity index (χ3v) is 3.57. The van der Waals surface area contributed by atoms with Gasteiger partial charge in [0.25, 0.3) is 0 Å². The first-order valence-electron chi connectivity index (χ1n) is 7.86. The molecule has 0 saturated heterocycles. The molecule has 122 valence electrons. The number of alkyl halides is 3. The summed E-state index contributed by atoms with van der Waals surface area (Å²) in [7, 11) is 0. The molecule has 0 heterocycles. The van der Waals surface area contributed by atoms with E-state index >= 15 is 0 Å². The molecule has 21 heavy (non-hydrogen) atoms. The quantitative estimate of drug-likeness (QED) is 0.324. The molecule has 0 rings (SSSR count). The van der Waals surface area contributed by atoms with Gasteiger partial charge in [-0.3, -0.25) is 4.99 Å². The topological polar surface area (TPSA) is 12.4 Å². The van der Waals surface area contributed by atoms with Crippen LogP contribution in [0.2, 0.25) is 0 Å². The molecule has 1 atom stereocenters. The van der Waals surface area contributed by atoms with Crippen molar-refractivity contribution in [2.45, 2.75) is 71.9 Å². The number of unbranched alkanes of at least 4 members (excludes halogenated alkanes) is 2. The van der Waals surface area contributed by atoms with Crippen LogP contribution in [0.3, 0.4) is 0 Å². The maximum atomic E-state index is 12.9. The highest BCUT2D eigenvalue weighted by Gasteiger charge is 2.34. The first-order chi connectivity index (χ1) is 9.90. The Bertz CT molecular complexity index is 354. The van der Waals surface area contributed by atoms with Gasteiger partial charge < -0.3 is 0 Å². The van der Waals surface area contributed by atoms with Crippen molar-refractivity contribution in [1.82, 2.24) is 0 Å². The molecule has 0 N–H and O–H groups in total. The lowest BCUT2D eigenvalue weighted by molar-refractivity contribution is -0.0605. The summed E-state index contributed by atoms with van der Waals surface area (Å²) in [4.78, 5) is 3.74. The van der Waals surface area contributed by atoms with Crippen molar-refractivity contribution in [3.05, 3.63) is 24.4 Å². The Kier molecular flexibility index (Phi) is 10.1. The van der Waals surface area contributed by atoms with Crippen molar-refractivity contribution in [3.63, 3.8) is 0 Å². The Hall–Kier alpha value is -1.06. The lowest BCUT2D eigenvalue weighted by Crippen LogP contribution is -2.22. The molecule has 0 aromatic heterocycles. The second-order valence-electron chi connectivity index (χ2n) is 5.26. The van der Waals surface area contributed by atoms with E-state index in [0.717, 1.165) is 37.7 Å². The van der Waals surface area contributed by atoms with Crippen LogP contribution in [0.1, 0.15) is 65.7 Å². The van der Waals surface area contributed by atoms with Crippen molar-refractivity contribution in [1.29, 1.82) is 0 Å². The number of hydrogen-bond donors (Lipinski definition) is 0. The monoisotopic (exact) mass is 303 g/mol. The van der Waals surface area contributed by atoms with Crippen LogP contribution in [0.15, 0.2) is 29.4 Å². The van der Waals surface area contributed by atoms with Crippen molar-refractivity contribution in [2.75, 3.05) is 0 Å². The van der Waals surface area contributed by atoms with E-state index in [4.69, 9.17) is 0 Å². The second kappa shape index (κ2) is 10.6. The van der Waals surface area contributed by atoms with Crippen LogP contribution in [-0.4, -0.2) is 11.9 Å². The van der Waals surface area contributed by atoms with E-state index in [0.29, 0.717) is 6.42 Å². The standard InChI is InChI=1S/C17H28F3N/c1-5-9-11-14(7-3)15(8-4)13-21-16(12-10-6-2)17(18,19)20/h8,13-14H,4-7,9-12H2,1-3H3/b15-13+,21-16?/t14-/m0/s1. The molecule has 0 bridgehead atoms. The number of hydrogen-bond acceptors (Lipinski definition) is 1. The predicted octanol–water partition coefficient (Wildman–Crippen LogP) is 6.47. The average molecular weight is 303 g/mol. The molecule has 0 spiro atoms. The fourth-order valence-corrected chi connectivity index (χ4v) is 2.16. The van der Waals surface area contributed by atoms with Crippen LogP contribution in [0.4, 0.5) is 13.2 Å². The van der Waals surface area contributed by atoms with Gasteiger partial charge in [0, 0.05) is 6.20 Å². The molecule has 0 saturated carbocycles. The highest BCUT2D eigenvalue weighted by Crippen LogP contribution is 2.25. The van der Waals surface area contributed by atoms with Gasteiger partial charge in [-0.1, -0.05) is 52.7 Å². The zero-order valence-electron chi connectivity index (χ0n) is 13.5. The van der Waals surface area contributed by atoms with Gasteiger partial charge in [-0.25, -0.2) is 0 Å². The summed E-state index contributed by atoms with van der Waals surface area (Å²) in [5, 5.41) is 0. The van der Waals surface area contributed by atoms with E-state index in [1.165, 1.54) is 6.20 Å². The van der Waals surface area contributed by atoms with Gasteiger partial charge in [-0.2, -0.15) is 13.2 Å². The van der Waals surface area contributed by atoms with E-state index < -0.39 is 11.9 Å². The van der Waals surface area contributed by atoms with Crippen molar-refractivity contribution in [2.24, 2.45) is 10.9 Å². The Morgan fingerprint density at radius 1 is 1.14 bits per heavy atom. The van der Waals surface area contributed by atoms with Crippen molar-refractivity contribution >= 4 is 5.71 Å². The summed E-state index contributed by atoms with van der Waals surface area (Å²) in [6.07, 6.45) is 3.88. The maximum absolute atomic E-state index is 12.9. The Morgan fingerprint density at radius 2 is 1.76 bits per heavy atom. The first-order valence-corrected chi connectivity index (χ1v) is 7.86. The van der Waals surface area contributed by atoms with E-state index in [1.807, 2.05) is 13.8 Å². The van der Waals surface area contributed by atoms with Crippen molar-refractivity contribution in [3.8, 4) is 0 Å². The highest BCUT2D eigenvalue weighted by molar-refractivity contribution is 5.90. The molecule has 0 aromatic rings. The molecule has 0 unspecified atom stereocenters. The maximum Gasteiger partial charge on any atom is 0.429 e. The summed E-state index contributed by atoms with van der Waals surface area (Å²) >= 11 is 0. The summed E-state index contributed by atoms with van der Waals surface area (Å²) in [6, 6.07) is 0. The fraction of sp³-hybridized carbons (Fsp3) is 0.706. The molecule has 0 aliphatic heterocycles. The lowest BCUT2D eigenvalue weighted by Gasteiger charge is -2.15. The minimum Gasteiger partial charge on any atom is -0.256 e. The Morgan fingerprint density at radius 3 is 2.19 bits per heavy atom. The third-order valence-electron chi connectivity index (χ3n) is 3.57. The minimum absolute atomic E-state index is 0.0212. The molecule has 0 aliphatic rings. The van der Waals surface area contributed by atoms with Crippen LogP contribution < -0.4 is 0 Å². The van der Waals surface area contributed by atoms with E-state index in [2.05, 4.69) is 18.5 Å². The fourth-order valence-electron chi connectivity index (χ4n) is 2.16. The zero-order valence-corrected chi connectivity index (χ0v) is 13.5. The van der Waals surface area contributed by atoms with Crippen LogP contribution in [0.25, 0.3) is 0 Å². The van der Waals surface area contributed by atoms with Gasteiger partial charge in [-0.05, 0) is 37.2 Å². The molecule has 0 aromatic carbocycles. The number of nitrogens with zero attached hydrogens (tertiary/aromatic N) is 1. The normalized spacial score (nSPS) is 15.1. The van der Waals surface area contributed by atoms with Gasteiger partial charge in [-0.15, -0.1) is 0 Å². The van der Waals surface area contributed by atoms with E-state index in [9.17, 15) is 13.2 Å². The molecule has 0 radical (unpaired) electrons. The van der Waals surface area contributed by atoms with Gasteiger partial charge in [0.1, 0.15) is 5.71 Å².